The van der Waals surface area contributed by atoms with Crippen molar-refractivity contribution in [2.75, 3.05) is 11.9 Å². The van der Waals surface area contributed by atoms with Crippen molar-refractivity contribution in [3.63, 3.8) is 0 Å². The van der Waals surface area contributed by atoms with Crippen LogP contribution in [-0.4, -0.2) is 31.0 Å². The molecule has 3 aromatic heterocycles. The summed E-state index contributed by atoms with van der Waals surface area (Å²) in [6, 6.07) is 3.84. The quantitative estimate of drug-likeness (QED) is 0.736. The lowest BCUT2D eigenvalue weighted by Gasteiger charge is -2.08. The Morgan fingerprint density at radius 1 is 1.33 bits per heavy atom. The predicted molar refractivity (Wildman–Crippen MR) is 74.2 cm³/mol. The lowest BCUT2D eigenvalue weighted by atomic mass is 10.5. The van der Waals surface area contributed by atoms with Gasteiger partial charge in [0, 0.05) is 18.9 Å². The molecule has 3 heterocycles. The van der Waals surface area contributed by atoms with E-state index in [1.165, 1.54) is 0 Å². The Bertz CT molecular complexity index is 681. The highest BCUT2D eigenvalue weighted by Gasteiger charge is 2.09. The van der Waals surface area contributed by atoms with E-state index in [9.17, 15) is 0 Å². The van der Waals surface area contributed by atoms with Crippen molar-refractivity contribution >= 4 is 5.95 Å². The molecule has 0 spiro atoms. The maximum absolute atomic E-state index is 5.55. The molecule has 108 valence electrons. The van der Waals surface area contributed by atoms with E-state index >= 15 is 0 Å². The molecule has 0 amide bonds. The fourth-order valence-corrected chi connectivity index (χ4v) is 1.67. The van der Waals surface area contributed by atoms with Crippen LogP contribution in [0.5, 0.6) is 6.01 Å². The molecule has 0 unspecified atom stereocenters. The first-order valence-corrected chi connectivity index (χ1v) is 6.48. The Balaban J connectivity index is 1.84. The Morgan fingerprint density at radius 3 is 3.00 bits per heavy atom. The van der Waals surface area contributed by atoms with Crippen LogP contribution >= 0.6 is 0 Å². The molecule has 8 heteroatoms. The SMILES string of the molecule is CCNc1nc(OCc2ccco2)nc(-n2ccnc2)n1. The number of aromatic nitrogens is 5. The number of hydrogen-bond donors (Lipinski definition) is 1. The van der Waals surface area contributed by atoms with Crippen LogP contribution in [0.2, 0.25) is 0 Å². The minimum atomic E-state index is 0.223. The summed E-state index contributed by atoms with van der Waals surface area (Å²) in [5, 5.41) is 3.04. The van der Waals surface area contributed by atoms with Crippen molar-refractivity contribution in [3.8, 4) is 12.0 Å². The van der Waals surface area contributed by atoms with Crippen molar-refractivity contribution < 1.29 is 9.15 Å². The average molecular weight is 286 g/mol. The first-order valence-electron chi connectivity index (χ1n) is 6.48. The van der Waals surface area contributed by atoms with Crippen LogP contribution in [-0.2, 0) is 6.61 Å². The molecule has 0 aliphatic rings. The summed E-state index contributed by atoms with van der Waals surface area (Å²) >= 11 is 0. The largest absolute Gasteiger partial charge is 0.466 e. The van der Waals surface area contributed by atoms with Gasteiger partial charge in [0.2, 0.25) is 11.9 Å². The summed E-state index contributed by atoms with van der Waals surface area (Å²) in [4.78, 5) is 16.7. The zero-order valence-corrected chi connectivity index (χ0v) is 11.4. The van der Waals surface area contributed by atoms with E-state index in [1.54, 1.807) is 35.6 Å². The molecule has 0 bridgehead atoms. The highest BCUT2D eigenvalue weighted by molar-refractivity contribution is 5.30. The second-order valence-electron chi connectivity index (χ2n) is 4.11. The Hall–Kier alpha value is -2.90. The lowest BCUT2D eigenvalue weighted by molar-refractivity contribution is 0.249. The van der Waals surface area contributed by atoms with Crippen LogP contribution in [0, 0.1) is 0 Å². The van der Waals surface area contributed by atoms with Crippen molar-refractivity contribution in [1.82, 2.24) is 24.5 Å². The van der Waals surface area contributed by atoms with Gasteiger partial charge in [0.25, 0.3) is 0 Å². The number of furan rings is 1. The smallest absolute Gasteiger partial charge is 0.323 e. The number of anilines is 1. The van der Waals surface area contributed by atoms with Gasteiger partial charge in [-0.15, -0.1) is 0 Å². The van der Waals surface area contributed by atoms with Crippen LogP contribution in [0.15, 0.2) is 41.5 Å². The normalized spacial score (nSPS) is 10.5. The molecule has 0 fully saturated rings. The number of ether oxygens (including phenoxy) is 1. The molecule has 0 saturated carbocycles. The van der Waals surface area contributed by atoms with Gasteiger partial charge in [-0.25, -0.2) is 4.98 Å². The summed E-state index contributed by atoms with van der Waals surface area (Å²) in [5.74, 6) is 1.59. The Labute approximate surface area is 120 Å². The zero-order valence-electron chi connectivity index (χ0n) is 11.4. The van der Waals surface area contributed by atoms with Gasteiger partial charge in [0.05, 0.1) is 6.26 Å². The molecule has 0 aliphatic carbocycles. The predicted octanol–water partition coefficient (Wildman–Crippen LogP) is 1.66. The van der Waals surface area contributed by atoms with Gasteiger partial charge >= 0.3 is 6.01 Å². The number of hydrogen-bond acceptors (Lipinski definition) is 7. The fourth-order valence-electron chi connectivity index (χ4n) is 1.67. The minimum Gasteiger partial charge on any atom is -0.466 e. The van der Waals surface area contributed by atoms with Gasteiger partial charge < -0.3 is 14.5 Å². The summed E-state index contributed by atoms with van der Waals surface area (Å²) < 4.78 is 12.4. The summed E-state index contributed by atoms with van der Waals surface area (Å²) in [7, 11) is 0. The number of imidazole rings is 1. The molecule has 0 aromatic carbocycles. The second kappa shape index (κ2) is 6.04. The molecule has 0 aliphatic heterocycles. The van der Waals surface area contributed by atoms with Gasteiger partial charge in [0.1, 0.15) is 18.7 Å². The van der Waals surface area contributed by atoms with E-state index in [4.69, 9.17) is 9.15 Å². The molecule has 21 heavy (non-hydrogen) atoms. The third-order valence-corrected chi connectivity index (χ3v) is 2.60. The van der Waals surface area contributed by atoms with Crippen molar-refractivity contribution in [1.29, 1.82) is 0 Å². The molecular weight excluding hydrogens is 272 g/mol. The third kappa shape index (κ3) is 3.16. The lowest BCUT2D eigenvalue weighted by Crippen LogP contribution is -2.10. The molecule has 0 radical (unpaired) electrons. The average Bonchev–Trinajstić information content (AvgIpc) is 3.19. The van der Waals surface area contributed by atoms with Crippen LogP contribution in [0.1, 0.15) is 12.7 Å². The monoisotopic (exact) mass is 286 g/mol. The van der Waals surface area contributed by atoms with Crippen LogP contribution in [0.4, 0.5) is 5.95 Å². The van der Waals surface area contributed by atoms with Crippen LogP contribution in [0.3, 0.4) is 0 Å². The molecule has 0 atom stereocenters. The molecule has 8 nitrogen and oxygen atoms in total. The molecule has 1 N–H and O–H groups in total. The summed E-state index contributed by atoms with van der Waals surface area (Å²) in [6.45, 7) is 2.92. The van der Waals surface area contributed by atoms with E-state index in [-0.39, 0.29) is 12.6 Å². The minimum absolute atomic E-state index is 0.223. The van der Waals surface area contributed by atoms with Gasteiger partial charge in [-0.2, -0.15) is 15.0 Å². The van der Waals surface area contributed by atoms with E-state index in [0.29, 0.717) is 24.2 Å². The molecule has 3 aromatic rings. The highest BCUT2D eigenvalue weighted by Crippen LogP contribution is 2.12. The maximum atomic E-state index is 5.55. The Kier molecular flexibility index (Phi) is 3.77. The van der Waals surface area contributed by atoms with Gasteiger partial charge in [-0.1, -0.05) is 0 Å². The fraction of sp³-hybridized carbons (Fsp3) is 0.231. The third-order valence-electron chi connectivity index (χ3n) is 2.60. The van der Waals surface area contributed by atoms with E-state index in [2.05, 4.69) is 25.3 Å². The zero-order chi connectivity index (χ0) is 14.5. The van der Waals surface area contributed by atoms with Crippen molar-refractivity contribution in [2.45, 2.75) is 13.5 Å². The van der Waals surface area contributed by atoms with Crippen LogP contribution < -0.4 is 10.1 Å². The van der Waals surface area contributed by atoms with Gasteiger partial charge in [0.15, 0.2) is 0 Å². The number of nitrogens with zero attached hydrogens (tertiary/aromatic N) is 5. The summed E-state index contributed by atoms with van der Waals surface area (Å²) in [5.41, 5.74) is 0. The van der Waals surface area contributed by atoms with Crippen LogP contribution in [0.25, 0.3) is 5.95 Å². The number of rotatable bonds is 6. The molecule has 0 saturated heterocycles. The van der Waals surface area contributed by atoms with Crippen molar-refractivity contribution in [3.05, 3.63) is 42.9 Å². The van der Waals surface area contributed by atoms with E-state index < -0.39 is 0 Å². The second-order valence-corrected chi connectivity index (χ2v) is 4.11. The van der Waals surface area contributed by atoms with Gasteiger partial charge in [-0.3, -0.25) is 4.57 Å². The molecular formula is C13H14N6O2. The summed E-state index contributed by atoms with van der Waals surface area (Å²) in [6.07, 6.45) is 6.61. The van der Waals surface area contributed by atoms with E-state index in [1.807, 2.05) is 13.0 Å². The standard InChI is InChI=1S/C13H14N6O2/c1-2-15-11-16-12(19-6-5-14-9-19)18-13(17-11)21-8-10-4-3-7-20-10/h3-7,9H,2,8H2,1H3,(H,15,16,17,18). The maximum Gasteiger partial charge on any atom is 0.323 e. The van der Waals surface area contributed by atoms with Crippen molar-refractivity contribution in [2.24, 2.45) is 0 Å². The van der Waals surface area contributed by atoms with E-state index in [0.717, 1.165) is 0 Å². The molecule has 3 rings (SSSR count). The van der Waals surface area contributed by atoms with Gasteiger partial charge in [-0.05, 0) is 19.1 Å². The first kappa shape index (κ1) is 13.1. The topological polar surface area (TPSA) is 90.9 Å². The Morgan fingerprint density at radius 2 is 2.29 bits per heavy atom. The first-order chi connectivity index (χ1) is 10.3. The highest BCUT2D eigenvalue weighted by atomic mass is 16.5. The number of nitrogens with one attached hydrogen (secondary N) is 1.